The van der Waals surface area contributed by atoms with E-state index in [1.54, 1.807) is 6.07 Å². The highest BCUT2D eigenvalue weighted by atomic mass is 19.1. The first-order valence-electron chi connectivity index (χ1n) is 14.7. The molecule has 1 fully saturated rings. The summed E-state index contributed by atoms with van der Waals surface area (Å²) in [5.41, 5.74) is 8.69. The Balaban J connectivity index is 1.21. The van der Waals surface area contributed by atoms with Crippen molar-refractivity contribution in [1.82, 2.24) is 34.9 Å². The van der Waals surface area contributed by atoms with E-state index in [0.717, 1.165) is 87.5 Å². The fourth-order valence-corrected chi connectivity index (χ4v) is 5.96. The summed E-state index contributed by atoms with van der Waals surface area (Å²) in [6, 6.07) is 19.1. The summed E-state index contributed by atoms with van der Waals surface area (Å²) in [5.74, 6) is 0.224. The number of rotatable bonds is 9. The minimum absolute atomic E-state index is 0.319. The van der Waals surface area contributed by atoms with Gasteiger partial charge in [-0.15, -0.1) is 0 Å². The number of nitrogens with one attached hydrogen (secondary N) is 2. The Bertz CT molecular complexity index is 1900. The van der Waals surface area contributed by atoms with Crippen molar-refractivity contribution in [2.45, 2.75) is 19.4 Å². The summed E-state index contributed by atoms with van der Waals surface area (Å²) in [6.07, 6.45) is 6.20. The fourth-order valence-electron chi connectivity index (χ4n) is 5.96. The Labute approximate surface area is 249 Å². The second kappa shape index (κ2) is 11.6. The number of likely N-dealkylation sites (tertiary alicyclic amines) is 1. The molecule has 8 nitrogen and oxygen atoms in total. The zero-order valence-electron chi connectivity index (χ0n) is 24.4. The topological polar surface area (TPSA) is 86.0 Å². The van der Waals surface area contributed by atoms with Gasteiger partial charge in [0.25, 0.3) is 0 Å². The van der Waals surface area contributed by atoms with Crippen molar-refractivity contribution >= 4 is 21.9 Å². The lowest BCUT2D eigenvalue weighted by Gasteiger charge is -2.15. The van der Waals surface area contributed by atoms with Gasteiger partial charge in [-0.05, 0) is 99.2 Å². The second-order valence-electron chi connectivity index (χ2n) is 11.5. The molecule has 1 saturated heterocycles. The minimum Gasteiger partial charge on any atom is -0.492 e. The predicted octanol–water partition coefficient (Wildman–Crippen LogP) is 6.51. The molecule has 0 saturated carbocycles. The van der Waals surface area contributed by atoms with E-state index < -0.39 is 0 Å². The van der Waals surface area contributed by atoms with Crippen LogP contribution in [0.5, 0.6) is 5.75 Å². The van der Waals surface area contributed by atoms with Crippen molar-refractivity contribution in [2.75, 3.05) is 40.3 Å². The maximum absolute atomic E-state index is 14.8. The van der Waals surface area contributed by atoms with E-state index in [1.165, 1.54) is 18.9 Å². The van der Waals surface area contributed by atoms with Gasteiger partial charge >= 0.3 is 0 Å². The Kier molecular flexibility index (Phi) is 7.34. The van der Waals surface area contributed by atoms with Gasteiger partial charge in [-0.25, -0.2) is 9.37 Å². The van der Waals surface area contributed by atoms with Gasteiger partial charge in [-0.2, -0.15) is 5.10 Å². The van der Waals surface area contributed by atoms with Gasteiger partial charge in [0.05, 0.1) is 16.9 Å². The van der Waals surface area contributed by atoms with Crippen LogP contribution in [0.1, 0.15) is 18.4 Å². The van der Waals surface area contributed by atoms with Gasteiger partial charge in [0, 0.05) is 48.0 Å². The molecule has 0 aliphatic carbocycles. The summed E-state index contributed by atoms with van der Waals surface area (Å²) in [4.78, 5) is 17.5. The van der Waals surface area contributed by atoms with E-state index in [2.05, 4.69) is 42.1 Å². The van der Waals surface area contributed by atoms with Crippen molar-refractivity contribution in [3.8, 4) is 39.5 Å². The van der Waals surface area contributed by atoms with Crippen LogP contribution < -0.4 is 4.74 Å². The SMILES string of the molecule is CN(C)Cc1cncc(-c2ccc3[nH]nc(-c4cc5c(-c6cc(F)cc(OCCN7CCCC7)c6)cccc5[nH]4)c3n2)c1. The molecule has 43 heavy (non-hydrogen) atoms. The van der Waals surface area contributed by atoms with E-state index in [9.17, 15) is 4.39 Å². The first kappa shape index (κ1) is 27.2. The normalized spacial score (nSPS) is 14.0. The van der Waals surface area contributed by atoms with Gasteiger partial charge in [0.15, 0.2) is 0 Å². The lowest BCUT2D eigenvalue weighted by molar-refractivity contribution is 0.237. The van der Waals surface area contributed by atoms with Crippen molar-refractivity contribution in [3.63, 3.8) is 0 Å². The van der Waals surface area contributed by atoms with Gasteiger partial charge in [0.1, 0.15) is 29.4 Å². The summed E-state index contributed by atoms with van der Waals surface area (Å²) in [5, 5.41) is 8.72. The van der Waals surface area contributed by atoms with E-state index >= 15 is 0 Å². The van der Waals surface area contributed by atoms with Crippen molar-refractivity contribution < 1.29 is 9.13 Å². The maximum Gasteiger partial charge on any atom is 0.135 e. The number of aromatic nitrogens is 5. The van der Waals surface area contributed by atoms with Gasteiger partial charge in [0.2, 0.25) is 0 Å². The van der Waals surface area contributed by atoms with Crippen LogP contribution in [0, 0.1) is 5.82 Å². The third-order valence-corrected chi connectivity index (χ3v) is 7.97. The molecule has 4 aromatic heterocycles. The number of hydrogen-bond donors (Lipinski definition) is 2. The van der Waals surface area contributed by atoms with Crippen LogP contribution >= 0.6 is 0 Å². The molecular weight excluding hydrogens is 541 g/mol. The quantitative estimate of drug-likeness (QED) is 0.204. The minimum atomic E-state index is -0.319. The summed E-state index contributed by atoms with van der Waals surface area (Å²) in [6.45, 7) is 4.42. The molecule has 0 bridgehead atoms. The Hall–Kier alpha value is -4.60. The number of H-pyrrole nitrogens is 2. The third-order valence-electron chi connectivity index (χ3n) is 7.97. The van der Waals surface area contributed by atoms with Crippen LogP contribution in [0.25, 0.3) is 55.7 Å². The number of ether oxygens (including phenoxy) is 1. The van der Waals surface area contributed by atoms with Crippen LogP contribution in [0.2, 0.25) is 0 Å². The Morgan fingerprint density at radius 2 is 1.84 bits per heavy atom. The van der Waals surface area contributed by atoms with Crippen LogP contribution in [0.4, 0.5) is 4.39 Å². The number of hydrogen-bond acceptors (Lipinski definition) is 6. The van der Waals surface area contributed by atoms with Gasteiger partial charge in [-0.3, -0.25) is 15.0 Å². The Morgan fingerprint density at radius 3 is 2.70 bits per heavy atom. The molecule has 0 radical (unpaired) electrons. The zero-order valence-corrected chi connectivity index (χ0v) is 24.4. The van der Waals surface area contributed by atoms with Crippen molar-refractivity contribution in [1.29, 1.82) is 0 Å². The molecule has 1 aliphatic heterocycles. The monoisotopic (exact) mass is 575 g/mol. The molecule has 1 aliphatic rings. The molecule has 5 heterocycles. The van der Waals surface area contributed by atoms with Crippen molar-refractivity contribution in [3.05, 3.63) is 84.4 Å². The number of benzene rings is 2. The maximum atomic E-state index is 14.8. The highest BCUT2D eigenvalue weighted by molar-refractivity contribution is 6.00. The van der Waals surface area contributed by atoms with Gasteiger partial charge < -0.3 is 14.6 Å². The molecule has 0 spiro atoms. The molecule has 6 aromatic rings. The molecule has 0 unspecified atom stereocenters. The number of nitrogens with zero attached hydrogens (tertiary/aromatic N) is 5. The lowest BCUT2D eigenvalue weighted by Crippen LogP contribution is -2.25. The molecule has 9 heteroatoms. The number of halogens is 1. The van der Waals surface area contributed by atoms with Crippen LogP contribution in [0.15, 0.2) is 73.1 Å². The number of pyridine rings is 2. The van der Waals surface area contributed by atoms with Crippen molar-refractivity contribution in [2.24, 2.45) is 0 Å². The van der Waals surface area contributed by atoms with Gasteiger partial charge in [-0.1, -0.05) is 12.1 Å². The molecular formula is C34H34FN7O. The predicted molar refractivity (Wildman–Crippen MR) is 168 cm³/mol. The standard InChI is InChI=1S/C34H34FN7O/c1-41(2)21-22-14-24(20-36-19-22)29-8-9-31-33(38-29)34(40-39-31)32-18-28-27(6-5-7-30(28)37-32)23-15-25(35)17-26(16-23)43-13-12-42-10-3-4-11-42/h5-9,14-20,37H,3-4,10-13,21H2,1-2H3,(H,39,40). The molecule has 0 amide bonds. The molecule has 2 aromatic carbocycles. The average Bonchev–Trinajstić information content (AvgIpc) is 3.76. The molecule has 0 atom stereocenters. The first-order chi connectivity index (χ1) is 21.0. The van der Waals surface area contributed by atoms with E-state index in [0.29, 0.717) is 12.4 Å². The highest BCUT2D eigenvalue weighted by Crippen LogP contribution is 2.35. The first-order valence-corrected chi connectivity index (χ1v) is 14.7. The summed E-state index contributed by atoms with van der Waals surface area (Å²) >= 11 is 0. The fraction of sp³-hybridized carbons (Fsp3) is 0.265. The number of fused-ring (bicyclic) bond motifs is 2. The lowest BCUT2D eigenvalue weighted by atomic mass is 10.0. The summed E-state index contributed by atoms with van der Waals surface area (Å²) in [7, 11) is 4.08. The smallest absolute Gasteiger partial charge is 0.135 e. The molecule has 7 rings (SSSR count). The largest absolute Gasteiger partial charge is 0.492 e. The average molecular weight is 576 g/mol. The van der Waals surface area contributed by atoms with E-state index in [4.69, 9.17) is 9.72 Å². The zero-order chi connectivity index (χ0) is 29.3. The van der Waals surface area contributed by atoms with Crippen LogP contribution in [-0.4, -0.2) is 75.3 Å². The number of aromatic amines is 2. The highest BCUT2D eigenvalue weighted by Gasteiger charge is 2.17. The molecule has 218 valence electrons. The van der Waals surface area contributed by atoms with Crippen LogP contribution in [0.3, 0.4) is 0 Å². The summed E-state index contributed by atoms with van der Waals surface area (Å²) < 4.78 is 20.8. The second-order valence-corrected chi connectivity index (χ2v) is 11.5. The van der Waals surface area contributed by atoms with Crippen LogP contribution in [-0.2, 0) is 6.54 Å². The molecule has 2 N–H and O–H groups in total. The third kappa shape index (κ3) is 5.74. The Morgan fingerprint density at radius 1 is 0.953 bits per heavy atom. The van der Waals surface area contributed by atoms with E-state index in [1.807, 2.05) is 62.9 Å². The van der Waals surface area contributed by atoms with E-state index in [-0.39, 0.29) is 5.82 Å².